The second kappa shape index (κ2) is 6.67. The van der Waals surface area contributed by atoms with Gasteiger partial charge in [-0.15, -0.1) is 11.3 Å². The molecule has 118 valence electrons. The first-order chi connectivity index (χ1) is 10.1. The van der Waals surface area contributed by atoms with Gasteiger partial charge < -0.3 is 5.73 Å². The summed E-state index contributed by atoms with van der Waals surface area (Å²) in [6, 6.07) is 6.50. The normalized spacial score (nSPS) is 30.3. The number of likely N-dealkylation sites (N-methyl/N-ethyl adjacent to an activating group) is 1. The number of hydrogen-bond donors (Lipinski definition) is 1. The Hall–Kier alpha value is 0.0600. The Balaban J connectivity index is 1.83. The Bertz CT molecular complexity index is 478. The molecule has 0 spiro atoms. The van der Waals surface area contributed by atoms with Gasteiger partial charge in [-0.05, 0) is 60.8 Å². The van der Waals surface area contributed by atoms with Gasteiger partial charge in [-0.1, -0.05) is 6.92 Å². The van der Waals surface area contributed by atoms with Crippen LogP contribution in [0.25, 0.3) is 0 Å². The summed E-state index contributed by atoms with van der Waals surface area (Å²) in [4.78, 5) is 6.68. The molecule has 3 rings (SSSR count). The summed E-state index contributed by atoms with van der Waals surface area (Å²) in [6.45, 7) is 4.55. The molecule has 3 heterocycles. The van der Waals surface area contributed by atoms with Crippen LogP contribution >= 0.6 is 27.3 Å². The van der Waals surface area contributed by atoms with E-state index in [-0.39, 0.29) is 6.04 Å². The van der Waals surface area contributed by atoms with Gasteiger partial charge in [-0.2, -0.15) is 0 Å². The van der Waals surface area contributed by atoms with Crippen LogP contribution < -0.4 is 5.73 Å². The van der Waals surface area contributed by atoms with Crippen LogP contribution in [0, 0.1) is 0 Å². The highest BCUT2D eigenvalue weighted by Crippen LogP contribution is 2.37. The first kappa shape index (κ1) is 15.9. The van der Waals surface area contributed by atoms with Crippen molar-refractivity contribution in [2.45, 2.75) is 56.8 Å². The number of likely N-dealkylation sites (tertiary alicyclic amines) is 1. The van der Waals surface area contributed by atoms with Crippen LogP contribution in [0.4, 0.5) is 0 Å². The fraction of sp³-hybridized carbons (Fsp3) is 0.750. The molecule has 2 aliphatic rings. The van der Waals surface area contributed by atoms with Crippen LogP contribution in [0.1, 0.15) is 43.5 Å². The molecular formula is C16H26BrN3S. The van der Waals surface area contributed by atoms with Crippen molar-refractivity contribution in [3.8, 4) is 0 Å². The maximum atomic E-state index is 6.51. The van der Waals surface area contributed by atoms with E-state index in [1.54, 1.807) is 0 Å². The number of nitrogens with zero attached hydrogens (tertiary/aromatic N) is 2. The first-order valence-electron chi connectivity index (χ1n) is 8.07. The predicted octanol–water partition coefficient (Wildman–Crippen LogP) is 3.46. The highest BCUT2D eigenvalue weighted by atomic mass is 79.9. The highest BCUT2D eigenvalue weighted by molar-refractivity contribution is 9.11. The molecule has 0 aliphatic carbocycles. The third-order valence-electron chi connectivity index (χ3n) is 5.34. The number of hydrogen-bond acceptors (Lipinski definition) is 4. The third kappa shape index (κ3) is 3.22. The van der Waals surface area contributed by atoms with E-state index in [0.29, 0.717) is 12.1 Å². The standard InChI is InChI=1S/C16H26BrN3S/c1-3-13(18)16(14-6-7-15(17)21-14)20-9-8-11-4-5-12(10-20)19(11)2/h6-7,11-13,16H,3-5,8-10,18H2,1-2H3. The van der Waals surface area contributed by atoms with Gasteiger partial charge >= 0.3 is 0 Å². The lowest BCUT2D eigenvalue weighted by Crippen LogP contribution is -2.44. The van der Waals surface area contributed by atoms with Crippen LogP contribution in [0.3, 0.4) is 0 Å². The average Bonchev–Trinajstić information content (AvgIpc) is 2.97. The van der Waals surface area contributed by atoms with Crippen molar-refractivity contribution in [1.29, 1.82) is 0 Å². The summed E-state index contributed by atoms with van der Waals surface area (Å²) < 4.78 is 1.21. The summed E-state index contributed by atoms with van der Waals surface area (Å²) in [5, 5.41) is 0. The number of rotatable bonds is 4. The Morgan fingerprint density at radius 1 is 1.33 bits per heavy atom. The van der Waals surface area contributed by atoms with Crippen molar-refractivity contribution in [3.05, 3.63) is 20.8 Å². The molecule has 2 bridgehead atoms. The SMILES string of the molecule is CCC(N)C(c1ccc(Br)s1)N1CCC2CCC(C1)N2C. The van der Waals surface area contributed by atoms with Crippen LogP contribution in [-0.4, -0.2) is 48.1 Å². The molecule has 3 nitrogen and oxygen atoms in total. The molecule has 21 heavy (non-hydrogen) atoms. The van der Waals surface area contributed by atoms with Crippen molar-refractivity contribution in [1.82, 2.24) is 9.80 Å². The topological polar surface area (TPSA) is 32.5 Å². The minimum atomic E-state index is 0.220. The summed E-state index contributed by atoms with van der Waals surface area (Å²) in [5.74, 6) is 0. The molecule has 4 atom stereocenters. The van der Waals surface area contributed by atoms with Crippen LogP contribution in [0.15, 0.2) is 15.9 Å². The van der Waals surface area contributed by atoms with E-state index in [1.165, 1.54) is 41.0 Å². The summed E-state index contributed by atoms with van der Waals surface area (Å²) in [5.41, 5.74) is 6.51. The lowest BCUT2D eigenvalue weighted by molar-refractivity contribution is 0.152. The van der Waals surface area contributed by atoms with E-state index in [2.05, 4.69) is 51.8 Å². The molecule has 4 unspecified atom stereocenters. The van der Waals surface area contributed by atoms with E-state index in [9.17, 15) is 0 Å². The lowest BCUT2D eigenvalue weighted by atomic mass is 10.00. The lowest BCUT2D eigenvalue weighted by Gasteiger charge is -2.36. The molecule has 2 saturated heterocycles. The van der Waals surface area contributed by atoms with Gasteiger partial charge in [-0.3, -0.25) is 9.80 Å². The smallest absolute Gasteiger partial charge is 0.0702 e. The molecule has 0 amide bonds. The Labute approximate surface area is 140 Å². The number of nitrogens with two attached hydrogens (primary N) is 1. The fourth-order valence-electron chi connectivity index (χ4n) is 3.96. The van der Waals surface area contributed by atoms with Crippen molar-refractivity contribution >= 4 is 27.3 Å². The summed E-state index contributed by atoms with van der Waals surface area (Å²) in [7, 11) is 2.31. The van der Waals surface area contributed by atoms with Gasteiger partial charge in [0.2, 0.25) is 0 Å². The minimum Gasteiger partial charge on any atom is -0.326 e. The molecule has 1 aromatic rings. The molecule has 5 heteroatoms. The number of fused-ring (bicyclic) bond motifs is 2. The van der Waals surface area contributed by atoms with Crippen molar-refractivity contribution in [2.75, 3.05) is 20.1 Å². The molecule has 0 radical (unpaired) electrons. The zero-order valence-corrected chi connectivity index (χ0v) is 15.4. The second-order valence-corrected chi connectivity index (χ2v) is 8.99. The van der Waals surface area contributed by atoms with Gasteiger partial charge in [0.15, 0.2) is 0 Å². The minimum absolute atomic E-state index is 0.220. The van der Waals surface area contributed by atoms with Gasteiger partial charge in [0.05, 0.1) is 9.83 Å². The second-order valence-electron chi connectivity index (χ2n) is 6.49. The van der Waals surface area contributed by atoms with Gasteiger partial charge in [0.25, 0.3) is 0 Å². The Morgan fingerprint density at radius 3 is 2.76 bits per heavy atom. The zero-order valence-electron chi connectivity index (χ0n) is 13.0. The van der Waals surface area contributed by atoms with Crippen LogP contribution in [-0.2, 0) is 0 Å². The molecular weight excluding hydrogens is 346 g/mol. The molecule has 2 aliphatic heterocycles. The predicted molar refractivity (Wildman–Crippen MR) is 93.8 cm³/mol. The van der Waals surface area contributed by atoms with Gasteiger partial charge in [-0.25, -0.2) is 0 Å². The number of thiophene rings is 1. The quantitative estimate of drug-likeness (QED) is 0.879. The van der Waals surface area contributed by atoms with Crippen LogP contribution in [0.2, 0.25) is 0 Å². The molecule has 2 N–H and O–H groups in total. The molecule has 2 fully saturated rings. The zero-order chi connectivity index (χ0) is 15.0. The molecule has 0 saturated carbocycles. The largest absolute Gasteiger partial charge is 0.326 e. The van der Waals surface area contributed by atoms with E-state index < -0.39 is 0 Å². The maximum absolute atomic E-state index is 6.51. The first-order valence-corrected chi connectivity index (χ1v) is 9.68. The Morgan fingerprint density at radius 2 is 2.10 bits per heavy atom. The van der Waals surface area contributed by atoms with E-state index in [4.69, 9.17) is 5.73 Å². The third-order valence-corrected chi connectivity index (χ3v) is 7.03. The van der Waals surface area contributed by atoms with E-state index in [1.807, 2.05) is 11.3 Å². The summed E-state index contributed by atoms with van der Waals surface area (Å²) in [6.07, 6.45) is 5.04. The number of halogens is 1. The van der Waals surface area contributed by atoms with Crippen molar-refractivity contribution in [3.63, 3.8) is 0 Å². The Kier molecular flexibility index (Phi) is 5.06. The average molecular weight is 372 g/mol. The van der Waals surface area contributed by atoms with Gasteiger partial charge in [0, 0.05) is 36.1 Å². The highest BCUT2D eigenvalue weighted by Gasteiger charge is 2.38. The van der Waals surface area contributed by atoms with E-state index in [0.717, 1.165) is 12.5 Å². The van der Waals surface area contributed by atoms with E-state index >= 15 is 0 Å². The maximum Gasteiger partial charge on any atom is 0.0702 e. The summed E-state index contributed by atoms with van der Waals surface area (Å²) >= 11 is 5.45. The monoisotopic (exact) mass is 371 g/mol. The molecule has 1 aromatic heterocycles. The van der Waals surface area contributed by atoms with Crippen molar-refractivity contribution < 1.29 is 0 Å². The van der Waals surface area contributed by atoms with Crippen molar-refractivity contribution in [2.24, 2.45) is 5.73 Å². The fourth-order valence-corrected chi connectivity index (χ4v) is 5.59. The van der Waals surface area contributed by atoms with Gasteiger partial charge in [0.1, 0.15) is 0 Å². The molecule has 0 aromatic carbocycles. The van der Waals surface area contributed by atoms with Crippen LogP contribution in [0.5, 0.6) is 0 Å².